The molecular weight excluding hydrogens is 391 g/mol. The quantitative estimate of drug-likeness (QED) is 0.610. The Morgan fingerprint density at radius 2 is 1.76 bits per heavy atom. The average molecular weight is 411 g/mol. The summed E-state index contributed by atoms with van der Waals surface area (Å²) in [6.45, 7) is 1.05. The highest BCUT2D eigenvalue weighted by Crippen LogP contribution is 2.35. The van der Waals surface area contributed by atoms with E-state index in [0.717, 1.165) is 36.3 Å². The Bertz CT molecular complexity index is 855. The van der Waals surface area contributed by atoms with Gasteiger partial charge in [-0.3, -0.25) is 19.3 Å². The molecule has 29 heavy (non-hydrogen) atoms. The van der Waals surface area contributed by atoms with Crippen LogP contribution in [0.2, 0.25) is 0 Å². The molecule has 1 N–H and O–H groups in total. The third-order valence-electron chi connectivity index (χ3n) is 5.29. The van der Waals surface area contributed by atoms with Crippen LogP contribution >= 0.6 is 0 Å². The van der Waals surface area contributed by atoms with Gasteiger partial charge in [-0.1, -0.05) is 31.9 Å². The van der Waals surface area contributed by atoms with Gasteiger partial charge in [0.2, 0.25) is 5.91 Å². The van der Waals surface area contributed by atoms with Gasteiger partial charge in [0.25, 0.3) is 0 Å². The van der Waals surface area contributed by atoms with Crippen molar-refractivity contribution < 1.29 is 32.3 Å². The van der Waals surface area contributed by atoms with Crippen molar-refractivity contribution in [1.82, 2.24) is 9.80 Å². The molecule has 1 saturated carbocycles. The highest BCUT2D eigenvalue weighted by molar-refractivity contribution is 6.45. The second kappa shape index (κ2) is 7.84. The van der Waals surface area contributed by atoms with Gasteiger partial charge in [-0.05, 0) is 30.9 Å². The third kappa shape index (κ3) is 4.10. The van der Waals surface area contributed by atoms with E-state index in [9.17, 15) is 32.3 Å². The summed E-state index contributed by atoms with van der Waals surface area (Å²) in [5.74, 6) is -3.13. The van der Waals surface area contributed by atoms with E-state index in [-0.39, 0.29) is 5.92 Å². The number of nitrogens with zero attached hydrogens (tertiary/aromatic N) is 2. The van der Waals surface area contributed by atoms with Crippen molar-refractivity contribution in [3.63, 3.8) is 0 Å². The summed E-state index contributed by atoms with van der Waals surface area (Å²) in [6, 6.07) is 3.03. The predicted molar refractivity (Wildman–Crippen MR) is 95.4 cm³/mol. The van der Waals surface area contributed by atoms with Gasteiger partial charge in [0.15, 0.2) is 0 Å². The summed E-state index contributed by atoms with van der Waals surface area (Å²) in [7, 11) is 0. The van der Waals surface area contributed by atoms with Crippen LogP contribution in [0.25, 0.3) is 0 Å². The monoisotopic (exact) mass is 411 g/mol. The Morgan fingerprint density at radius 3 is 2.41 bits per heavy atom. The molecule has 0 aromatic heterocycles. The number of urea groups is 1. The lowest BCUT2D eigenvalue weighted by Gasteiger charge is -2.34. The lowest BCUT2D eigenvalue weighted by molar-refractivity contribution is -0.145. The highest BCUT2D eigenvalue weighted by atomic mass is 19.4. The molecule has 0 radical (unpaired) electrons. The molecule has 0 spiro atoms. The number of carbonyl (C=O) groups excluding carboxylic acids is 4. The molecular formula is C19H20F3N3O4. The maximum atomic E-state index is 13.1. The standard InChI is InChI=1S/C19H20F3N3O4/c1-11-6-2-5-9-14(11)25-17(28)16(27)24(18(25)29)10-15(26)23-13-8-4-3-7-12(13)19(20,21)22/h3-4,7-8,11,14H,2,5-6,9-10H2,1H3,(H,23,26)/t11-,14+/m0/s1. The zero-order valence-corrected chi connectivity index (χ0v) is 15.7. The van der Waals surface area contributed by atoms with E-state index in [2.05, 4.69) is 5.32 Å². The van der Waals surface area contributed by atoms with E-state index in [0.29, 0.717) is 11.3 Å². The minimum absolute atomic E-state index is 0.0249. The molecule has 7 nitrogen and oxygen atoms in total. The van der Waals surface area contributed by atoms with Gasteiger partial charge in [-0.2, -0.15) is 13.2 Å². The number of anilines is 1. The molecule has 156 valence electrons. The molecule has 3 rings (SSSR count). The zero-order valence-electron chi connectivity index (χ0n) is 15.7. The molecule has 2 fully saturated rings. The maximum absolute atomic E-state index is 13.1. The number of benzene rings is 1. The van der Waals surface area contributed by atoms with Crippen molar-refractivity contribution >= 4 is 29.4 Å². The summed E-state index contributed by atoms with van der Waals surface area (Å²) < 4.78 is 39.2. The number of hydrogen-bond donors (Lipinski definition) is 1. The largest absolute Gasteiger partial charge is 0.418 e. The van der Waals surface area contributed by atoms with Crippen molar-refractivity contribution in [3.8, 4) is 0 Å². The number of carbonyl (C=O) groups is 4. The Labute approximate surface area is 164 Å². The van der Waals surface area contributed by atoms with E-state index >= 15 is 0 Å². The van der Waals surface area contributed by atoms with Gasteiger partial charge in [0.05, 0.1) is 11.3 Å². The Kier molecular flexibility index (Phi) is 5.63. The smallest absolute Gasteiger partial charge is 0.324 e. The SMILES string of the molecule is C[C@H]1CCCC[C@H]1N1C(=O)C(=O)N(CC(=O)Nc2ccccc2C(F)(F)F)C1=O. The molecule has 1 heterocycles. The highest BCUT2D eigenvalue weighted by Gasteiger charge is 2.49. The number of imide groups is 2. The molecule has 2 atom stereocenters. The van der Waals surface area contributed by atoms with Gasteiger partial charge in [0.1, 0.15) is 6.54 Å². The number of halogens is 3. The molecule has 2 aliphatic rings. The third-order valence-corrected chi connectivity index (χ3v) is 5.29. The van der Waals surface area contributed by atoms with Crippen LogP contribution in [-0.2, 0) is 20.6 Å². The van der Waals surface area contributed by atoms with E-state index < -0.39 is 53.8 Å². The van der Waals surface area contributed by atoms with E-state index in [1.54, 1.807) is 0 Å². The van der Waals surface area contributed by atoms with Crippen LogP contribution in [0.4, 0.5) is 23.7 Å². The van der Waals surface area contributed by atoms with Crippen molar-refractivity contribution in [3.05, 3.63) is 29.8 Å². The lowest BCUT2D eigenvalue weighted by atomic mass is 9.85. The average Bonchev–Trinajstić information content (AvgIpc) is 2.85. The van der Waals surface area contributed by atoms with Gasteiger partial charge in [-0.25, -0.2) is 9.69 Å². The number of hydrogen-bond acceptors (Lipinski definition) is 4. The molecule has 1 saturated heterocycles. The molecule has 1 aromatic carbocycles. The Morgan fingerprint density at radius 1 is 1.10 bits per heavy atom. The van der Waals surface area contributed by atoms with Crippen LogP contribution < -0.4 is 5.32 Å². The summed E-state index contributed by atoms with van der Waals surface area (Å²) in [5.41, 5.74) is -1.55. The topological polar surface area (TPSA) is 86.8 Å². The number of para-hydroxylation sites is 1. The minimum atomic E-state index is -4.69. The first-order valence-electron chi connectivity index (χ1n) is 9.26. The van der Waals surface area contributed by atoms with Gasteiger partial charge in [-0.15, -0.1) is 0 Å². The van der Waals surface area contributed by atoms with Crippen LogP contribution in [0.1, 0.15) is 38.2 Å². The van der Waals surface area contributed by atoms with Crippen molar-refractivity contribution in [1.29, 1.82) is 0 Å². The van der Waals surface area contributed by atoms with Gasteiger partial charge < -0.3 is 5.32 Å². The second-order valence-electron chi connectivity index (χ2n) is 7.27. The van der Waals surface area contributed by atoms with Crippen LogP contribution in [0.3, 0.4) is 0 Å². The first kappa shape index (κ1) is 20.8. The molecule has 1 aromatic rings. The van der Waals surface area contributed by atoms with Crippen LogP contribution in [-0.4, -0.2) is 46.1 Å². The fourth-order valence-electron chi connectivity index (χ4n) is 3.81. The van der Waals surface area contributed by atoms with Crippen molar-refractivity contribution in [2.75, 3.05) is 11.9 Å². The molecule has 10 heteroatoms. The first-order valence-corrected chi connectivity index (χ1v) is 9.26. The van der Waals surface area contributed by atoms with E-state index in [1.165, 1.54) is 12.1 Å². The summed E-state index contributed by atoms with van der Waals surface area (Å²) in [5, 5.41) is 2.07. The summed E-state index contributed by atoms with van der Waals surface area (Å²) in [4.78, 5) is 50.8. The zero-order chi connectivity index (χ0) is 21.3. The predicted octanol–water partition coefficient (Wildman–Crippen LogP) is 3.01. The fourth-order valence-corrected chi connectivity index (χ4v) is 3.81. The van der Waals surface area contributed by atoms with E-state index in [1.807, 2.05) is 6.92 Å². The van der Waals surface area contributed by atoms with Crippen molar-refractivity contribution in [2.24, 2.45) is 5.92 Å². The van der Waals surface area contributed by atoms with Crippen LogP contribution in [0.5, 0.6) is 0 Å². The number of rotatable bonds is 4. The molecule has 0 unspecified atom stereocenters. The van der Waals surface area contributed by atoms with Gasteiger partial charge >= 0.3 is 24.0 Å². The first-order chi connectivity index (χ1) is 13.6. The maximum Gasteiger partial charge on any atom is 0.418 e. The normalized spacial score (nSPS) is 23.0. The number of alkyl halides is 3. The molecule has 1 aliphatic heterocycles. The summed E-state index contributed by atoms with van der Waals surface area (Å²) >= 11 is 0. The van der Waals surface area contributed by atoms with E-state index in [4.69, 9.17) is 0 Å². The molecule has 5 amide bonds. The van der Waals surface area contributed by atoms with Crippen LogP contribution in [0.15, 0.2) is 24.3 Å². The van der Waals surface area contributed by atoms with Crippen LogP contribution in [0, 0.1) is 5.92 Å². The lowest BCUT2D eigenvalue weighted by Crippen LogP contribution is -2.46. The Balaban J connectivity index is 1.74. The Hall–Kier alpha value is -2.91. The summed E-state index contributed by atoms with van der Waals surface area (Å²) in [6.07, 6.45) is -1.52. The minimum Gasteiger partial charge on any atom is -0.324 e. The molecule has 0 bridgehead atoms. The number of amides is 5. The fraction of sp³-hybridized carbons (Fsp3) is 0.474. The molecule has 1 aliphatic carbocycles. The second-order valence-corrected chi connectivity index (χ2v) is 7.27. The van der Waals surface area contributed by atoms with Crippen molar-refractivity contribution in [2.45, 2.75) is 44.8 Å². The van der Waals surface area contributed by atoms with Gasteiger partial charge in [0, 0.05) is 6.04 Å². The number of nitrogens with one attached hydrogen (secondary N) is 1.